The van der Waals surface area contributed by atoms with Gasteiger partial charge in [0.2, 0.25) is 0 Å². The lowest BCUT2D eigenvalue weighted by atomic mass is 10.3. The molecule has 1 aromatic heterocycles. The minimum Gasteiger partial charge on any atom is -0.345 e. The third-order valence-corrected chi connectivity index (χ3v) is 4.95. The van der Waals surface area contributed by atoms with Crippen molar-refractivity contribution in [2.75, 3.05) is 0 Å². The lowest BCUT2D eigenvalue weighted by molar-refractivity contribution is -0.384. The number of rotatable bonds is 1. The first-order valence-electron chi connectivity index (χ1n) is 5.88. The van der Waals surface area contributed by atoms with Gasteiger partial charge in [-0.05, 0) is 12.1 Å². The molecular formula is C13H6Cl5N3O2. The predicted octanol–water partition coefficient (Wildman–Crippen LogP) is 6.42. The van der Waals surface area contributed by atoms with Gasteiger partial charge in [-0.2, -0.15) is 0 Å². The van der Waals surface area contributed by atoms with Crippen LogP contribution < -0.4 is 0 Å². The number of fused-ring (bicyclic) bond motifs is 1. The van der Waals surface area contributed by atoms with Crippen LogP contribution in [0.2, 0.25) is 25.1 Å². The summed E-state index contributed by atoms with van der Waals surface area (Å²) in [5.74, 6) is 0. The highest BCUT2D eigenvalue weighted by Gasteiger charge is 2.27. The Morgan fingerprint density at radius 1 is 0.913 bits per heavy atom. The summed E-state index contributed by atoms with van der Waals surface area (Å²) in [5.41, 5.74) is 1.57. The van der Waals surface area contributed by atoms with E-state index in [4.69, 9.17) is 58.0 Å². The average molecular weight is 413 g/mol. The predicted molar refractivity (Wildman–Crippen MR) is 94.2 cm³/mol. The number of para-hydroxylation sites is 2. The van der Waals surface area contributed by atoms with Gasteiger partial charge >= 0.3 is 5.69 Å². The molecule has 0 saturated heterocycles. The van der Waals surface area contributed by atoms with Crippen molar-refractivity contribution in [2.24, 2.45) is 0 Å². The zero-order valence-electron chi connectivity index (χ0n) is 11.0. The van der Waals surface area contributed by atoms with Crippen molar-refractivity contribution in [1.29, 1.82) is 0 Å². The summed E-state index contributed by atoms with van der Waals surface area (Å²) < 4.78 is 0. The molecule has 1 N–H and O–H groups in total. The molecule has 0 fully saturated rings. The molecular weight excluding hydrogens is 407 g/mol. The largest absolute Gasteiger partial charge is 0.345 e. The van der Waals surface area contributed by atoms with E-state index in [0.717, 1.165) is 11.0 Å². The normalized spacial score (nSPS) is 10.3. The summed E-state index contributed by atoms with van der Waals surface area (Å²) in [6.45, 7) is 0. The molecule has 0 bridgehead atoms. The number of hydrogen-bond acceptors (Lipinski definition) is 3. The number of H-pyrrole nitrogens is 1. The standard InChI is InChI=1S/C7H6N2.C6Cl5NO2/c1-2-4-7-6(3-1)8-5-9-7;7-1-2(8)4(10)6(12(13)14)5(11)3(1)9/h1-5H,(H,8,9);. The Bertz CT molecular complexity index is 822. The second-order valence-electron chi connectivity index (χ2n) is 4.10. The maximum atomic E-state index is 10.5. The number of nitrogens with one attached hydrogen (secondary N) is 1. The quantitative estimate of drug-likeness (QED) is 0.216. The van der Waals surface area contributed by atoms with Gasteiger partial charge in [0.15, 0.2) is 0 Å². The Hall–Kier alpha value is -1.24. The molecule has 1 heterocycles. The van der Waals surface area contributed by atoms with Gasteiger partial charge in [0.05, 0.1) is 37.4 Å². The summed E-state index contributed by atoms with van der Waals surface area (Å²) in [6, 6.07) is 7.94. The molecule has 2 aromatic carbocycles. The van der Waals surface area contributed by atoms with Crippen LogP contribution in [0, 0.1) is 10.1 Å². The highest BCUT2D eigenvalue weighted by atomic mass is 35.5. The number of imidazole rings is 1. The van der Waals surface area contributed by atoms with Crippen LogP contribution in [-0.2, 0) is 0 Å². The summed E-state index contributed by atoms with van der Waals surface area (Å²) in [4.78, 5) is 16.8. The SMILES string of the molecule is O=[N+]([O-])c1c(Cl)c(Cl)c(Cl)c(Cl)c1Cl.c1ccc2[nH]cnc2c1. The van der Waals surface area contributed by atoms with Gasteiger partial charge in [0.1, 0.15) is 10.0 Å². The molecule has 0 aliphatic carbocycles. The lowest BCUT2D eigenvalue weighted by Crippen LogP contribution is -1.92. The highest BCUT2D eigenvalue weighted by Crippen LogP contribution is 2.47. The highest BCUT2D eigenvalue weighted by molar-refractivity contribution is 6.56. The molecule has 0 atom stereocenters. The van der Waals surface area contributed by atoms with Gasteiger partial charge in [-0.25, -0.2) is 4.98 Å². The molecule has 5 nitrogen and oxygen atoms in total. The van der Waals surface area contributed by atoms with Crippen LogP contribution in [0.1, 0.15) is 0 Å². The molecule has 0 aliphatic rings. The van der Waals surface area contributed by atoms with Crippen molar-refractivity contribution >= 4 is 74.7 Å². The molecule has 10 heteroatoms. The van der Waals surface area contributed by atoms with Crippen molar-refractivity contribution in [3.05, 3.63) is 65.8 Å². The molecule has 0 radical (unpaired) electrons. The Kier molecular flexibility index (Phi) is 5.95. The van der Waals surface area contributed by atoms with Gasteiger partial charge < -0.3 is 4.98 Å². The van der Waals surface area contributed by atoms with E-state index in [1.54, 1.807) is 6.33 Å². The van der Waals surface area contributed by atoms with Gasteiger partial charge in [0, 0.05) is 0 Å². The van der Waals surface area contributed by atoms with E-state index in [1.165, 1.54) is 0 Å². The third kappa shape index (κ3) is 3.82. The summed E-state index contributed by atoms with van der Waals surface area (Å²) in [7, 11) is 0. The fourth-order valence-electron chi connectivity index (χ4n) is 1.63. The van der Waals surface area contributed by atoms with Crippen LogP contribution in [0.4, 0.5) is 5.69 Å². The zero-order valence-corrected chi connectivity index (χ0v) is 14.8. The van der Waals surface area contributed by atoms with Crippen molar-refractivity contribution in [1.82, 2.24) is 9.97 Å². The van der Waals surface area contributed by atoms with Crippen LogP contribution in [0.5, 0.6) is 0 Å². The van der Waals surface area contributed by atoms with Crippen molar-refractivity contribution in [3.63, 3.8) is 0 Å². The van der Waals surface area contributed by atoms with E-state index in [-0.39, 0.29) is 25.1 Å². The molecule has 0 saturated carbocycles. The van der Waals surface area contributed by atoms with E-state index in [1.807, 2.05) is 24.3 Å². The number of nitro benzene ring substituents is 1. The van der Waals surface area contributed by atoms with Gasteiger partial charge in [-0.1, -0.05) is 70.1 Å². The first kappa shape index (κ1) is 18.1. The second-order valence-corrected chi connectivity index (χ2v) is 5.99. The summed E-state index contributed by atoms with van der Waals surface area (Å²) in [5, 5.41) is 9.41. The molecule has 0 unspecified atom stereocenters. The van der Waals surface area contributed by atoms with E-state index in [9.17, 15) is 10.1 Å². The zero-order chi connectivity index (χ0) is 17.1. The Labute approximate surface area is 155 Å². The molecule has 3 rings (SSSR count). The average Bonchev–Trinajstić information content (AvgIpc) is 3.00. The number of aromatic nitrogens is 2. The first-order chi connectivity index (χ1) is 10.8. The van der Waals surface area contributed by atoms with Crippen LogP contribution in [0.15, 0.2) is 30.6 Å². The smallest absolute Gasteiger partial charge is 0.309 e. The Morgan fingerprint density at radius 2 is 1.43 bits per heavy atom. The maximum Gasteiger partial charge on any atom is 0.309 e. The third-order valence-electron chi connectivity index (χ3n) is 2.70. The molecule has 120 valence electrons. The number of benzene rings is 2. The minimum atomic E-state index is -0.779. The van der Waals surface area contributed by atoms with Crippen molar-refractivity contribution < 1.29 is 4.92 Å². The number of nitro groups is 1. The fourth-order valence-corrected chi connectivity index (χ4v) is 2.90. The van der Waals surface area contributed by atoms with Gasteiger partial charge in [-0.15, -0.1) is 0 Å². The van der Waals surface area contributed by atoms with E-state index < -0.39 is 10.6 Å². The number of hydrogen-bond donors (Lipinski definition) is 1. The number of nitrogens with zero attached hydrogens (tertiary/aromatic N) is 2. The Balaban J connectivity index is 0.000000182. The van der Waals surface area contributed by atoms with Crippen molar-refractivity contribution in [3.8, 4) is 0 Å². The number of halogens is 5. The lowest BCUT2D eigenvalue weighted by Gasteiger charge is -2.05. The molecule has 3 aromatic rings. The fraction of sp³-hybridized carbons (Fsp3) is 0. The van der Waals surface area contributed by atoms with E-state index in [0.29, 0.717) is 0 Å². The van der Waals surface area contributed by atoms with E-state index in [2.05, 4.69) is 9.97 Å². The second kappa shape index (κ2) is 7.55. The molecule has 0 aliphatic heterocycles. The van der Waals surface area contributed by atoms with Crippen LogP contribution >= 0.6 is 58.0 Å². The molecule has 0 spiro atoms. The van der Waals surface area contributed by atoms with Crippen LogP contribution in [0.25, 0.3) is 11.0 Å². The summed E-state index contributed by atoms with van der Waals surface area (Å²) in [6.07, 6.45) is 1.70. The van der Waals surface area contributed by atoms with Crippen LogP contribution in [0.3, 0.4) is 0 Å². The number of aromatic amines is 1. The van der Waals surface area contributed by atoms with E-state index >= 15 is 0 Å². The van der Waals surface area contributed by atoms with Crippen LogP contribution in [-0.4, -0.2) is 14.9 Å². The molecule has 0 amide bonds. The van der Waals surface area contributed by atoms with Gasteiger partial charge in [0.25, 0.3) is 0 Å². The summed E-state index contributed by atoms with van der Waals surface area (Å²) >= 11 is 27.9. The molecule has 23 heavy (non-hydrogen) atoms. The van der Waals surface area contributed by atoms with Gasteiger partial charge in [-0.3, -0.25) is 10.1 Å². The maximum absolute atomic E-state index is 10.5. The topological polar surface area (TPSA) is 71.8 Å². The van der Waals surface area contributed by atoms with Crippen molar-refractivity contribution in [2.45, 2.75) is 0 Å². The first-order valence-corrected chi connectivity index (χ1v) is 7.77. The minimum absolute atomic E-state index is 0.103. The monoisotopic (exact) mass is 411 g/mol. The Morgan fingerprint density at radius 3 is 1.96 bits per heavy atom.